The number of carbonyl (C=O) groups is 1. The van der Waals surface area contributed by atoms with E-state index >= 15 is 0 Å². The van der Waals surface area contributed by atoms with E-state index in [9.17, 15) is 4.79 Å². The first kappa shape index (κ1) is 14.4. The van der Waals surface area contributed by atoms with Gasteiger partial charge in [0.2, 0.25) is 0 Å². The minimum atomic E-state index is -0.199. The second-order valence-corrected chi connectivity index (χ2v) is 5.00. The van der Waals surface area contributed by atoms with Crippen molar-refractivity contribution < 1.29 is 4.79 Å². The maximum Gasteiger partial charge on any atom is 0.253 e. The van der Waals surface area contributed by atoms with Crippen LogP contribution in [0.25, 0.3) is 0 Å². The van der Waals surface area contributed by atoms with Crippen LogP contribution in [0.15, 0.2) is 42.5 Å². The maximum absolute atomic E-state index is 12.0. The average Bonchev–Trinajstić information content (AvgIpc) is 2.45. The van der Waals surface area contributed by atoms with E-state index in [-0.39, 0.29) is 5.91 Å². The number of aryl methyl sites for hydroxylation is 1. The van der Waals surface area contributed by atoms with E-state index in [0.717, 1.165) is 12.0 Å². The fourth-order valence-corrected chi connectivity index (χ4v) is 2.16. The normalized spacial score (nSPS) is 10.3. The summed E-state index contributed by atoms with van der Waals surface area (Å²) < 4.78 is 0. The Kier molecular flexibility index (Phi) is 4.64. The van der Waals surface area contributed by atoms with Gasteiger partial charge in [0.25, 0.3) is 5.91 Å². The number of hydrogen-bond donors (Lipinski definition) is 2. The van der Waals surface area contributed by atoms with Crippen molar-refractivity contribution in [3.8, 4) is 0 Å². The lowest BCUT2D eigenvalue weighted by Gasteiger charge is -2.08. The van der Waals surface area contributed by atoms with Gasteiger partial charge in [0.1, 0.15) is 0 Å². The molecule has 1 amide bonds. The van der Waals surface area contributed by atoms with E-state index in [1.807, 2.05) is 12.1 Å². The Hall–Kier alpha value is -2.00. The lowest BCUT2D eigenvalue weighted by Crippen LogP contribution is -2.23. The van der Waals surface area contributed by atoms with E-state index in [1.165, 1.54) is 5.56 Å². The third kappa shape index (κ3) is 3.52. The van der Waals surface area contributed by atoms with Crippen molar-refractivity contribution in [2.24, 2.45) is 0 Å². The number of anilines is 1. The summed E-state index contributed by atoms with van der Waals surface area (Å²) in [6, 6.07) is 13.0. The van der Waals surface area contributed by atoms with Crippen LogP contribution in [-0.2, 0) is 13.0 Å². The van der Waals surface area contributed by atoms with Crippen LogP contribution in [0.3, 0.4) is 0 Å². The van der Waals surface area contributed by atoms with Gasteiger partial charge in [-0.2, -0.15) is 0 Å². The number of nitrogens with two attached hydrogens (primary N) is 1. The zero-order valence-corrected chi connectivity index (χ0v) is 12.1. The average molecular weight is 289 g/mol. The summed E-state index contributed by atoms with van der Waals surface area (Å²) in [6.07, 6.45) is 1.01. The number of rotatable bonds is 4. The molecule has 0 radical (unpaired) electrons. The molecule has 20 heavy (non-hydrogen) atoms. The molecule has 0 saturated carbocycles. The molecule has 104 valence electrons. The smallest absolute Gasteiger partial charge is 0.253 e. The third-order valence-electron chi connectivity index (χ3n) is 3.12. The Morgan fingerprint density at radius 1 is 1.15 bits per heavy atom. The van der Waals surface area contributed by atoms with Gasteiger partial charge in [-0.1, -0.05) is 42.8 Å². The number of amides is 1. The van der Waals surface area contributed by atoms with Crippen LogP contribution < -0.4 is 11.1 Å². The summed E-state index contributed by atoms with van der Waals surface area (Å²) in [7, 11) is 0. The number of hydrogen-bond acceptors (Lipinski definition) is 2. The Morgan fingerprint density at radius 2 is 1.80 bits per heavy atom. The summed E-state index contributed by atoms with van der Waals surface area (Å²) in [5, 5.41) is 3.21. The molecule has 0 aliphatic carbocycles. The van der Waals surface area contributed by atoms with Crippen LogP contribution in [0.2, 0.25) is 5.02 Å². The topological polar surface area (TPSA) is 55.1 Å². The largest absolute Gasteiger partial charge is 0.399 e. The summed E-state index contributed by atoms with van der Waals surface area (Å²) in [5.41, 5.74) is 8.92. The fraction of sp³-hybridized carbons (Fsp3) is 0.188. The first-order chi connectivity index (χ1) is 9.60. The first-order valence-corrected chi connectivity index (χ1v) is 6.89. The van der Waals surface area contributed by atoms with E-state index in [1.54, 1.807) is 18.2 Å². The summed E-state index contributed by atoms with van der Waals surface area (Å²) in [5.74, 6) is -0.199. The van der Waals surface area contributed by atoms with Gasteiger partial charge in [-0.25, -0.2) is 0 Å². The predicted octanol–water partition coefficient (Wildman–Crippen LogP) is 3.41. The van der Waals surface area contributed by atoms with Crippen molar-refractivity contribution in [1.82, 2.24) is 5.32 Å². The lowest BCUT2D eigenvalue weighted by atomic mass is 10.1. The Balaban J connectivity index is 2.00. The molecule has 0 atom stereocenters. The molecule has 0 fully saturated rings. The Bertz CT molecular complexity index is 608. The highest BCUT2D eigenvalue weighted by Crippen LogP contribution is 2.19. The maximum atomic E-state index is 12.0. The number of carbonyl (C=O) groups excluding carboxylic acids is 1. The highest BCUT2D eigenvalue weighted by molar-refractivity contribution is 6.34. The zero-order chi connectivity index (χ0) is 14.5. The van der Waals surface area contributed by atoms with Crippen LogP contribution in [-0.4, -0.2) is 5.91 Å². The van der Waals surface area contributed by atoms with Crippen molar-refractivity contribution >= 4 is 23.2 Å². The molecule has 0 aliphatic heterocycles. The van der Waals surface area contributed by atoms with Crippen molar-refractivity contribution in [2.75, 3.05) is 5.73 Å². The molecule has 0 bridgehead atoms. The van der Waals surface area contributed by atoms with Gasteiger partial charge in [-0.05, 0) is 35.7 Å². The molecule has 0 heterocycles. The monoisotopic (exact) mass is 288 g/mol. The Labute approximate surface area is 123 Å². The van der Waals surface area contributed by atoms with Crippen LogP contribution >= 0.6 is 11.6 Å². The molecule has 2 rings (SSSR count). The molecule has 3 nitrogen and oxygen atoms in total. The molecule has 0 aliphatic rings. The molecule has 4 heteroatoms. The molecule has 0 spiro atoms. The molecule has 2 aromatic rings. The molecular formula is C16H17ClN2O. The minimum Gasteiger partial charge on any atom is -0.399 e. The number of nitrogens with one attached hydrogen (secondary N) is 1. The first-order valence-electron chi connectivity index (χ1n) is 6.51. The standard InChI is InChI=1S/C16H17ClN2O/c1-2-11-3-5-12(6-4-11)10-19-16(20)14-8-7-13(18)9-15(14)17/h3-9H,2,10,18H2,1H3,(H,19,20). The van der Waals surface area contributed by atoms with Gasteiger partial charge in [0.05, 0.1) is 10.6 Å². The summed E-state index contributed by atoms with van der Waals surface area (Å²) in [4.78, 5) is 12.0. The zero-order valence-electron chi connectivity index (χ0n) is 11.3. The van der Waals surface area contributed by atoms with Crippen LogP contribution in [0.4, 0.5) is 5.69 Å². The van der Waals surface area contributed by atoms with Crippen LogP contribution in [0.1, 0.15) is 28.4 Å². The Morgan fingerprint density at radius 3 is 2.40 bits per heavy atom. The van der Waals surface area contributed by atoms with E-state index < -0.39 is 0 Å². The molecule has 0 unspecified atom stereocenters. The van der Waals surface area contributed by atoms with Crippen LogP contribution in [0.5, 0.6) is 0 Å². The third-order valence-corrected chi connectivity index (χ3v) is 3.43. The summed E-state index contributed by atoms with van der Waals surface area (Å²) >= 11 is 6.00. The van der Waals surface area contributed by atoms with Gasteiger partial charge >= 0.3 is 0 Å². The van der Waals surface area contributed by atoms with E-state index in [2.05, 4.69) is 24.4 Å². The fourth-order valence-electron chi connectivity index (χ4n) is 1.89. The van der Waals surface area contributed by atoms with Gasteiger partial charge in [0.15, 0.2) is 0 Å². The van der Waals surface area contributed by atoms with Crippen LogP contribution in [0, 0.1) is 0 Å². The van der Waals surface area contributed by atoms with E-state index in [4.69, 9.17) is 17.3 Å². The molecular weight excluding hydrogens is 272 g/mol. The highest BCUT2D eigenvalue weighted by Gasteiger charge is 2.09. The molecule has 3 N–H and O–H groups in total. The SMILES string of the molecule is CCc1ccc(CNC(=O)c2ccc(N)cc2Cl)cc1. The van der Waals surface area contributed by atoms with Gasteiger partial charge in [-0.15, -0.1) is 0 Å². The number of nitrogen functional groups attached to an aromatic ring is 1. The molecule has 2 aromatic carbocycles. The molecule has 0 aromatic heterocycles. The van der Waals surface area contributed by atoms with Crippen molar-refractivity contribution in [1.29, 1.82) is 0 Å². The quantitative estimate of drug-likeness (QED) is 0.847. The number of halogens is 1. The highest BCUT2D eigenvalue weighted by atomic mass is 35.5. The van der Waals surface area contributed by atoms with Gasteiger partial charge in [-0.3, -0.25) is 4.79 Å². The van der Waals surface area contributed by atoms with Gasteiger partial charge < -0.3 is 11.1 Å². The second kappa shape index (κ2) is 6.44. The minimum absolute atomic E-state index is 0.199. The van der Waals surface area contributed by atoms with Gasteiger partial charge in [0, 0.05) is 12.2 Å². The molecule has 0 saturated heterocycles. The van der Waals surface area contributed by atoms with Crippen molar-refractivity contribution in [2.45, 2.75) is 19.9 Å². The van der Waals surface area contributed by atoms with Crippen molar-refractivity contribution in [3.63, 3.8) is 0 Å². The second-order valence-electron chi connectivity index (χ2n) is 4.59. The number of benzene rings is 2. The van der Waals surface area contributed by atoms with Crippen molar-refractivity contribution in [3.05, 3.63) is 64.2 Å². The lowest BCUT2D eigenvalue weighted by molar-refractivity contribution is 0.0951. The summed E-state index contributed by atoms with van der Waals surface area (Å²) in [6.45, 7) is 2.59. The van der Waals surface area contributed by atoms with E-state index in [0.29, 0.717) is 22.8 Å². The predicted molar refractivity (Wildman–Crippen MR) is 82.9 cm³/mol.